The van der Waals surface area contributed by atoms with Gasteiger partial charge in [-0.1, -0.05) is 13.3 Å². The first-order valence-electron chi connectivity index (χ1n) is 7.84. The van der Waals surface area contributed by atoms with Crippen LogP contribution in [0.25, 0.3) is 0 Å². The fraction of sp³-hybridized carbons (Fsp3) is 1.00. The molecule has 0 spiro atoms. The average molecular weight is 253 g/mol. The van der Waals surface area contributed by atoms with Crippen LogP contribution in [0.5, 0.6) is 0 Å². The molecule has 1 aliphatic carbocycles. The van der Waals surface area contributed by atoms with Crippen LogP contribution in [0.2, 0.25) is 0 Å². The fourth-order valence-corrected chi connectivity index (χ4v) is 3.37. The summed E-state index contributed by atoms with van der Waals surface area (Å²) in [4.78, 5) is 5.38. The van der Waals surface area contributed by atoms with Crippen molar-refractivity contribution in [2.75, 3.05) is 26.2 Å². The summed E-state index contributed by atoms with van der Waals surface area (Å²) in [7, 11) is 0. The van der Waals surface area contributed by atoms with Crippen LogP contribution in [0.4, 0.5) is 0 Å². The van der Waals surface area contributed by atoms with Crippen molar-refractivity contribution in [3.05, 3.63) is 0 Å². The number of nitrogens with zero attached hydrogens (tertiary/aromatic N) is 2. The quantitative estimate of drug-likeness (QED) is 0.754. The third-order valence-electron chi connectivity index (χ3n) is 4.82. The van der Waals surface area contributed by atoms with Gasteiger partial charge in [0.15, 0.2) is 0 Å². The van der Waals surface area contributed by atoms with E-state index in [2.05, 4.69) is 30.6 Å². The summed E-state index contributed by atoms with van der Waals surface area (Å²) in [6.07, 6.45) is 6.67. The molecule has 0 aromatic heterocycles. The maximum Gasteiger partial charge on any atom is 0.0473 e. The highest BCUT2D eigenvalue weighted by Gasteiger charge is 2.47. The Kier molecular flexibility index (Phi) is 4.68. The molecule has 0 radical (unpaired) electrons. The maximum atomic E-state index is 6.20. The lowest BCUT2D eigenvalue weighted by atomic mass is 9.95. The van der Waals surface area contributed by atoms with Gasteiger partial charge in [-0.15, -0.1) is 0 Å². The summed E-state index contributed by atoms with van der Waals surface area (Å²) in [5.41, 5.74) is 6.48. The van der Waals surface area contributed by atoms with Crippen molar-refractivity contribution in [2.45, 2.75) is 70.5 Å². The first-order chi connectivity index (χ1) is 8.63. The van der Waals surface area contributed by atoms with Gasteiger partial charge in [-0.2, -0.15) is 0 Å². The average Bonchev–Trinajstić information content (AvgIpc) is 3.08. The highest BCUT2D eigenvalue weighted by atomic mass is 15.3. The van der Waals surface area contributed by atoms with Crippen LogP contribution in [0.15, 0.2) is 0 Å². The van der Waals surface area contributed by atoms with E-state index in [-0.39, 0.29) is 5.54 Å². The topological polar surface area (TPSA) is 32.5 Å². The molecular weight excluding hydrogens is 222 g/mol. The molecule has 3 nitrogen and oxygen atoms in total. The summed E-state index contributed by atoms with van der Waals surface area (Å²) < 4.78 is 0. The van der Waals surface area contributed by atoms with Crippen LogP contribution >= 0.6 is 0 Å². The molecule has 0 amide bonds. The van der Waals surface area contributed by atoms with E-state index in [4.69, 9.17) is 5.73 Å². The number of rotatable bonds is 7. The Morgan fingerprint density at radius 1 is 1.39 bits per heavy atom. The van der Waals surface area contributed by atoms with Crippen LogP contribution in [0.1, 0.15) is 52.9 Å². The molecule has 1 saturated heterocycles. The molecule has 2 rings (SSSR count). The fourth-order valence-electron chi connectivity index (χ4n) is 3.37. The summed E-state index contributed by atoms with van der Waals surface area (Å²) in [5.74, 6) is 0. The lowest BCUT2D eigenvalue weighted by Gasteiger charge is -2.41. The molecule has 0 aromatic rings. The van der Waals surface area contributed by atoms with E-state index in [9.17, 15) is 0 Å². The van der Waals surface area contributed by atoms with E-state index < -0.39 is 0 Å². The Hall–Kier alpha value is -0.120. The Morgan fingerprint density at radius 3 is 2.56 bits per heavy atom. The largest absolute Gasteiger partial charge is 0.329 e. The number of nitrogens with two attached hydrogens (primary N) is 1. The summed E-state index contributed by atoms with van der Waals surface area (Å²) in [6.45, 7) is 11.4. The molecule has 18 heavy (non-hydrogen) atoms. The van der Waals surface area contributed by atoms with Gasteiger partial charge in [0.2, 0.25) is 0 Å². The zero-order chi connectivity index (χ0) is 13.2. The van der Waals surface area contributed by atoms with Crippen molar-refractivity contribution in [1.82, 2.24) is 9.80 Å². The smallest absolute Gasteiger partial charge is 0.0473 e. The zero-order valence-electron chi connectivity index (χ0n) is 12.5. The highest BCUT2D eigenvalue weighted by molar-refractivity contribution is 5.05. The second kappa shape index (κ2) is 5.89. The maximum absolute atomic E-state index is 6.20. The van der Waals surface area contributed by atoms with Crippen molar-refractivity contribution in [3.8, 4) is 0 Å². The van der Waals surface area contributed by atoms with Gasteiger partial charge in [0, 0.05) is 37.3 Å². The van der Waals surface area contributed by atoms with Gasteiger partial charge in [-0.3, -0.25) is 9.80 Å². The molecule has 1 unspecified atom stereocenters. The van der Waals surface area contributed by atoms with Crippen molar-refractivity contribution < 1.29 is 0 Å². The molecule has 2 aliphatic rings. The normalized spacial score (nSPS) is 29.7. The van der Waals surface area contributed by atoms with E-state index in [0.717, 1.165) is 12.6 Å². The van der Waals surface area contributed by atoms with E-state index in [1.165, 1.54) is 51.7 Å². The Balaban J connectivity index is 2.04. The predicted octanol–water partition coefficient (Wildman–Crippen LogP) is 2.06. The van der Waals surface area contributed by atoms with Crippen LogP contribution in [0.3, 0.4) is 0 Å². The molecule has 2 fully saturated rings. The first-order valence-corrected chi connectivity index (χ1v) is 7.84. The third kappa shape index (κ3) is 2.89. The second-order valence-electron chi connectivity index (χ2n) is 6.52. The predicted molar refractivity (Wildman–Crippen MR) is 77.7 cm³/mol. The molecular formula is C15H31N3. The molecule has 0 bridgehead atoms. The highest BCUT2D eigenvalue weighted by Crippen LogP contribution is 2.38. The SMILES string of the molecule is CCCCN(C1CC1)C1(CN)CCN(C(C)C)C1. The number of hydrogen-bond acceptors (Lipinski definition) is 3. The van der Waals surface area contributed by atoms with Crippen molar-refractivity contribution in [1.29, 1.82) is 0 Å². The zero-order valence-corrected chi connectivity index (χ0v) is 12.5. The standard InChI is InChI=1S/C15H31N3/c1-4-5-9-18(14-6-7-14)15(11-16)8-10-17(12-15)13(2)3/h13-14H,4-12,16H2,1-3H3. The molecule has 1 heterocycles. The van der Waals surface area contributed by atoms with Gasteiger partial charge < -0.3 is 5.73 Å². The summed E-state index contributed by atoms with van der Waals surface area (Å²) >= 11 is 0. The van der Waals surface area contributed by atoms with E-state index in [0.29, 0.717) is 6.04 Å². The minimum atomic E-state index is 0.278. The number of hydrogen-bond donors (Lipinski definition) is 1. The summed E-state index contributed by atoms with van der Waals surface area (Å²) in [5, 5.41) is 0. The molecule has 1 saturated carbocycles. The van der Waals surface area contributed by atoms with Gasteiger partial charge in [0.25, 0.3) is 0 Å². The second-order valence-corrected chi connectivity index (χ2v) is 6.52. The summed E-state index contributed by atoms with van der Waals surface area (Å²) in [6, 6.07) is 1.50. The van der Waals surface area contributed by atoms with Crippen molar-refractivity contribution in [2.24, 2.45) is 5.73 Å². The van der Waals surface area contributed by atoms with Crippen molar-refractivity contribution in [3.63, 3.8) is 0 Å². The molecule has 1 aliphatic heterocycles. The Bertz CT molecular complexity index is 262. The van der Waals surface area contributed by atoms with Crippen LogP contribution < -0.4 is 5.73 Å². The molecule has 0 aromatic carbocycles. The lowest BCUT2D eigenvalue weighted by molar-refractivity contribution is 0.0838. The number of likely N-dealkylation sites (tertiary alicyclic amines) is 1. The van der Waals surface area contributed by atoms with E-state index >= 15 is 0 Å². The van der Waals surface area contributed by atoms with Crippen molar-refractivity contribution >= 4 is 0 Å². The van der Waals surface area contributed by atoms with Gasteiger partial charge in [-0.05, 0) is 46.1 Å². The van der Waals surface area contributed by atoms with E-state index in [1.54, 1.807) is 0 Å². The molecule has 3 heteroatoms. The molecule has 1 atom stereocenters. The number of unbranched alkanes of at least 4 members (excludes halogenated alkanes) is 1. The lowest BCUT2D eigenvalue weighted by Crippen LogP contribution is -2.57. The van der Waals surface area contributed by atoms with Crippen LogP contribution in [0, 0.1) is 0 Å². The van der Waals surface area contributed by atoms with Gasteiger partial charge in [0.1, 0.15) is 0 Å². The van der Waals surface area contributed by atoms with Gasteiger partial charge in [0.05, 0.1) is 0 Å². The van der Waals surface area contributed by atoms with Crippen LogP contribution in [-0.2, 0) is 0 Å². The van der Waals surface area contributed by atoms with E-state index in [1.807, 2.05) is 0 Å². The Labute approximate surface area is 113 Å². The van der Waals surface area contributed by atoms with Gasteiger partial charge >= 0.3 is 0 Å². The van der Waals surface area contributed by atoms with Gasteiger partial charge in [-0.25, -0.2) is 0 Å². The minimum Gasteiger partial charge on any atom is -0.329 e. The molecule has 106 valence electrons. The third-order valence-corrected chi connectivity index (χ3v) is 4.82. The minimum absolute atomic E-state index is 0.278. The molecule has 2 N–H and O–H groups in total. The Morgan fingerprint density at radius 2 is 2.11 bits per heavy atom. The van der Waals surface area contributed by atoms with Crippen LogP contribution in [-0.4, -0.2) is 53.6 Å². The first kappa shape index (κ1) is 14.3. The monoisotopic (exact) mass is 253 g/mol.